The van der Waals surface area contributed by atoms with Gasteiger partial charge in [-0.15, -0.1) is 0 Å². The number of ketones is 2. The van der Waals surface area contributed by atoms with Crippen molar-refractivity contribution in [2.45, 2.75) is 163 Å². The topological polar surface area (TPSA) is 72.8 Å². The summed E-state index contributed by atoms with van der Waals surface area (Å²) in [4.78, 5) is 30.6. The minimum atomic E-state index is -1.23. The second kappa shape index (κ2) is 13.2. The van der Waals surface area contributed by atoms with E-state index in [-0.39, 0.29) is 57.2 Å². The zero-order valence-electron chi connectivity index (χ0n) is 38.9. The lowest BCUT2D eigenvalue weighted by atomic mass is 9.72. The summed E-state index contributed by atoms with van der Waals surface area (Å²) in [7, 11) is 0. The number of phenolic OH excluding ortho intramolecular Hbond substituents is 1. The third-order valence-corrected chi connectivity index (χ3v) is 13.5. The van der Waals surface area contributed by atoms with Crippen LogP contribution in [-0.4, -0.2) is 27.9 Å². The van der Waals surface area contributed by atoms with E-state index in [0.717, 1.165) is 50.5 Å². The largest absolute Gasteiger partial charge is 0.507 e. The third-order valence-electron chi connectivity index (χ3n) is 13.5. The average Bonchev–Trinajstić information content (AvgIpc) is 3.67. The minimum Gasteiger partial charge on any atom is -0.507 e. The molecule has 1 N–H and O–H groups in total. The summed E-state index contributed by atoms with van der Waals surface area (Å²) in [6, 6.07) is 13.1. The summed E-state index contributed by atoms with van der Waals surface area (Å²) >= 11 is 0. The van der Waals surface area contributed by atoms with Crippen molar-refractivity contribution in [2.75, 3.05) is 0 Å². The fourth-order valence-electron chi connectivity index (χ4n) is 9.55. The Bertz CT molecular complexity index is 2350. The predicted octanol–water partition coefficient (Wildman–Crippen LogP) is 12.0. The standard InChI is InChI=1S/C55H66O5/c1-49(2,3)39-19-31-16-35-23-42(52(10,11)12)29-54(47(35)57)27-37-25-40(50(4,5)6)21-33(45(37)59-54)18-34-22-41(51(7,8)9)26-38-28-55(60-46(34)38)30-43(53(13,14)15)24-36(48(55)58)17-32(20-39)44(31)56/h19-26,29-30,56H,16-18,27-28H2,1-15H3. The van der Waals surface area contributed by atoms with Crippen LogP contribution in [0.15, 0.2) is 83.0 Å². The molecule has 3 aromatic carbocycles. The van der Waals surface area contributed by atoms with E-state index >= 15 is 9.59 Å². The van der Waals surface area contributed by atoms with Gasteiger partial charge in [0.25, 0.3) is 0 Å². The molecule has 60 heavy (non-hydrogen) atoms. The molecule has 2 atom stereocenters. The van der Waals surface area contributed by atoms with Crippen molar-refractivity contribution in [3.8, 4) is 17.2 Å². The molecule has 3 aromatic rings. The van der Waals surface area contributed by atoms with Gasteiger partial charge in [0.05, 0.1) is 0 Å². The zero-order chi connectivity index (χ0) is 43.9. The molecule has 2 unspecified atom stereocenters. The molecular weight excluding hydrogens is 741 g/mol. The van der Waals surface area contributed by atoms with E-state index in [9.17, 15) is 5.11 Å². The maximum atomic E-state index is 15.3. The van der Waals surface area contributed by atoms with Crippen LogP contribution < -0.4 is 9.47 Å². The van der Waals surface area contributed by atoms with Gasteiger partial charge in [-0.2, -0.15) is 0 Å². The Labute approximate surface area is 359 Å². The molecule has 0 fully saturated rings. The fourth-order valence-corrected chi connectivity index (χ4v) is 9.55. The highest BCUT2D eigenvalue weighted by molar-refractivity contribution is 6.08. The summed E-state index contributed by atoms with van der Waals surface area (Å²) in [5.74, 6) is 1.46. The lowest BCUT2D eigenvalue weighted by molar-refractivity contribution is -0.126. The first-order valence-electron chi connectivity index (χ1n) is 22.0. The van der Waals surface area contributed by atoms with Crippen molar-refractivity contribution >= 4 is 11.6 Å². The van der Waals surface area contributed by atoms with E-state index in [0.29, 0.717) is 41.5 Å². The molecule has 3 aliphatic heterocycles. The van der Waals surface area contributed by atoms with Gasteiger partial charge in [-0.1, -0.05) is 152 Å². The quantitative estimate of drug-likeness (QED) is 0.245. The number of allylic oxidation sites excluding steroid dienone is 4. The first kappa shape index (κ1) is 42.1. The number of rotatable bonds is 0. The van der Waals surface area contributed by atoms with Crippen LogP contribution in [0.2, 0.25) is 0 Å². The molecule has 2 aliphatic carbocycles. The maximum Gasteiger partial charge on any atom is 0.207 e. The number of fused-ring (bicyclic) bond motifs is 4. The molecule has 0 radical (unpaired) electrons. The fraction of sp³-hybridized carbons (Fsp3) is 0.491. The number of ether oxygens (including phenoxy) is 2. The molecule has 0 amide bonds. The van der Waals surface area contributed by atoms with E-state index in [4.69, 9.17) is 9.47 Å². The number of hydrogen-bond donors (Lipinski definition) is 1. The number of aromatic hydroxyl groups is 1. The van der Waals surface area contributed by atoms with Crippen molar-refractivity contribution in [1.29, 1.82) is 0 Å². The maximum absolute atomic E-state index is 15.3. The lowest BCUT2D eigenvalue weighted by Gasteiger charge is -2.35. The van der Waals surface area contributed by atoms with Gasteiger partial charge in [-0.3, -0.25) is 9.59 Å². The Hall–Kier alpha value is -4.64. The molecule has 5 nitrogen and oxygen atoms in total. The molecule has 2 spiro atoms. The van der Waals surface area contributed by atoms with Gasteiger partial charge in [0, 0.05) is 43.3 Å². The Kier molecular flexibility index (Phi) is 9.24. The Morgan fingerprint density at radius 1 is 0.450 bits per heavy atom. The van der Waals surface area contributed by atoms with Crippen molar-refractivity contribution in [2.24, 2.45) is 10.8 Å². The number of Topliss-reactive ketones (excluding diaryl/α,β-unsaturated/α-hetero) is 2. The SMILES string of the molecule is CC(C)(C)C1=CC23Cc4cc(C(C)(C)C)cc(c4O2)Cc2cc(C(C)(C)C)cc4c2OC2(C=C(C(C)(C)C)C=C(Cc5cc(C(C)(C)C)cc(c5O)CC(=C1)C3=O)C2=O)C4. The summed E-state index contributed by atoms with van der Waals surface area (Å²) in [5, 5.41) is 12.4. The first-order valence-corrected chi connectivity index (χ1v) is 22.0. The number of carbonyl (C=O) groups excluding carboxylic acids is 2. The van der Waals surface area contributed by atoms with Crippen LogP contribution in [-0.2, 0) is 57.9 Å². The lowest BCUT2D eigenvalue weighted by Crippen LogP contribution is -2.46. The Morgan fingerprint density at radius 2 is 0.767 bits per heavy atom. The Balaban J connectivity index is 1.44. The van der Waals surface area contributed by atoms with Crippen molar-refractivity contribution in [3.05, 3.63) is 133 Å². The molecule has 5 aliphatic rings. The van der Waals surface area contributed by atoms with E-state index in [2.05, 4.69) is 152 Å². The second-order valence-electron chi connectivity index (χ2n) is 23.7. The summed E-state index contributed by atoms with van der Waals surface area (Å²) < 4.78 is 14.4. The van der Waals surface area contributed by atoms with Crippen LogP contribution in [0.3, 0.4) is 0 Å². The van der Waals surface area contributed by atoms with E-state index < -0.39 is 11.2 Å². The van der Waals surface area contributed by atoms with Gasteiger partial charge in [-0.25, -0.2) is 0 Å². The van der Waals surface area contributed by atoms with E-state index in [1.807, 2.05) is 12.2 Å². The number of hydrogen-bond acceptors (Lipinski definition) is 5. The van der Waals surface area contributed by atoms with Crippen LogP contribution in [0, 0.1) is 10.8 Å². The van der Waals surface area contributed by atoms with Gasteiger partial charge in [-0.05, 0) is 100 Å². The van der Waals surface area contributed by atoms with Gasteiger partial charge in [0.2, 0.25) is 11.6 Å². The second-order valence-corrected chi connectivity index (χ2v) is 23.7. The highest BCUT2D eigenvalue weighted by atomic mass is 16.5. The van der Waals surface area contributed by atoms with Gasteiger partial charge < -0.3 is 14.6 Å². The molecule has 5 heteroatoms. The van der Waals surface area contributed by atoms with Crippen LogP contribution in [0.25, 0.3) is 0 Å². The number of benzene rings is 3. The summed E-state index contributed by atoms with van der Waals surface area (Å²) in [6.07, 6.45) is 10.0. The minimum absolute atomic E-state index is 0.0768. The smallest absolute Gasteiger partial charge is 0.207 e. The van der Waals surface area contributed by atoms with Crippen LogP contribution in [0.1, 0.15) is 154 Å². The van der Waals surface area contributed by atoms with E-state index in [1.165, 1.54) is 11.1 Å². The molecule has 0 saturated heterocycles. The zero-order valence-corrected chi connectivity index (χ0v) is 38.9. The molecule has 316 valence electrons. The van der Waals surface area contributed by atoms with Crippen molar-refractivity contribution < 1.29 is 24.2 Å². The van der Waals surface area contributed by atoms with Crippen LogP contribution >= 0.6 is 0 Å². The monoisotopic (exact) mass is 806 g/mol. The predicted molar refractivity (Wildman–Crippen MR) is 243 cm³/mol. The number of phenols is 1. The molecule has 3 heterocycles. The third kappa shape index (κ3) is 7.12. The number of carbonyl (C=O) groups is 2. The summed E-state index contributed by atoms with van der Waals surface area (Å²) in [5.41, 5.74) is 8.42. The van der Waals surface area contributed by atoms with Crippen molar-refractivity contribution in [3.63, 3.8) is 0 Å². The van der Waals surface area contributed by atoms with Gasteiger partial charge in [0.15, 0.2) is 11.2 Å². The van der Waals surface area contributed by atoms with Crippen LogP contribution in [0.4, 0.5) is 0 Å². The molecule has 0 aromatic heterocycles. The van der Waals surface area contributed by atoms with Gasteiger partial charge in [0.1, 0.15) is 17.2 Å². The highest BCUT2D eigenvalue weighted by Gasteiger charge is 2.52. The highest BCUT2D eigenvalue weighted by Crippen LogP contribution is 2.51. The van der Waals surface area contributed by atoms with Crippen molar-refractivity contribution in [1.82, 2.24) is 0 Å². The normalized spacial score (nSPS) is 22.9. The first-order chi connectivity index (χ1) is 27.5. The van der Waals surface area contributed by atoms with E-state index in [1.54, 1.807) is 0 Å². The molecule has 0 saturated carbocycles. The Morgan fingerprint density at radius 3 is 1.08 bits per heavy atom. The van der Waals surface area contributed by atoms with Crippen LogP contribution in [0.5, 0.6) is 17.2 Å². The molecular formula is C55H66O5. The molecule has 8 rings (SSSR count). The summed E-state index contributed by atoms with van der Waals surface area (Å²) in [6.45, 7) is 32.9. The van der Waals surface area contributed by atoms with Gasteiger partial charge >= 0.3 is 0 Å². The molecule has 8 bridgehead atoms. The average molecular weight is 807 g/mol.